The number of nitrogens with one attached hydrogen (secondary N) is 1. The number of pyridine rings is 1. The summed E-state index contributed by atoms with van der Waals surface area (Å²) in [6, 6.07) is 16.1. The number of ether oxygens (including phenoxy) is 1. The van der Waals surface area contributed by atoms with Gasteiger partial charge >= 0.3 is 0 Å². The van der Waals surface area contributed by atoms with E-state index in [-0.39, 0.29) is 21.6 Å². The van der Waals surface area contributed by atoms with Gasteiger partial charge in [-0.3, -0.25) is 9.78 Å². The average Bonchev–Trinajstić information content (AvgIpc) is 2.72. The zero-order valence-corrected chi connectivity index (χ0v) is 18.7. The molecule has 3 N–H and O–H groups in total. The number of carbonyl (C=O) groups excluding carboxylic acids is 1. The first-order valence-corrected chi connectivity index (χ1v) is 11.1. The van der Waals surface area contributed by atoms with Gasteiger partial charge in [0.15, 0.2) is 0 Å². The summed E-state index contributed by atoms with van der Waals surface area (Å²) in [4.78, 5) is 17.6. The average molecular weight is 440 g/mol. The first-order valence-electron chi connectivity index (χ1n) is 9.60. The number of nitrogens with two attached hydrogens (primary N) is 1. The van der Waals surface area contributed by atoms with Gasteiger partial charge in [-0.1, -0.05) is 26.8 Å². The summed E-state index contributed by atoms with van der Waals surface area (Å²) >= 11 is 0. The molecule has 1 aromatic heterocycles. The molecule has 0 bridgehead atoms. The zero-order valence-electron chi connectivity index (χ0n) is 17.8. The van der Waals surface area contributed by atoms with Gasteiger partial charge in [0.1, 0.15) is 5.75 Å². The third-order valence-electron chi connectivity index (χ3n) is 4.67. The molecule has 8 heteroatoms. The van der Waals surface area contributed by atoms with Crippen molar-refractivity contribution in [3.63, 3.8) is 0 Å². The van der Waals surface area contributed by atoms with Gasteiger partial charge in [0.05, 0.1) is 23.3 Å². The molecule has 162 valence electrons. The number of anilines is 1. The second kappa shape index (κ2) is 8.39. The van der Waals surface area contributed by atoms with E-state index in [1.54, 1.807) is 49.6 Å². The SMILES string of the molecule is COc1ccc(-c2nc(C(C)(C)C)ccc2C(=O)NS(=O)(=O)c2cccc(N)c2)cc1. The smallest absolute Gasteiger partial charge is 0.267 e. The number of nitrogen functional groups attached to an aromatic ring is 1. The first-order chi connectivity index (χ1) is 14.5. The van der Waals surface area contributed by atoms with Gasteiger partial charge in [-0.2, -0.15) is 0 Å². The summed E-state index contributed by atoms with van der Waals surface area (Å²) < 4.78 is 32.7. The van der Waals surface area contributed by atoms with E-state index in [4.69, 9.17) is 15.5 Å². The van der Waals surface area contributed by atoms with Crippen molar-refractivity contribution in [1.82, 2.24) is 9.71 Å². The Balaban J connectivity index is 2.05. The van der Waals surface area contributed by atoms with Crippen LogP contribution in [0.1, 0.15) is 36.8 Å². The summed E-state index contributed by atoms with van der Waals surface area (Å²) in [7, 11) is -2.54. The monoisotopic (exact) mass is 439 g/mol. The van der Waals surface area contributed by atoms with Crippen LogP contribution in [0.5, 0.6) is 5.75 Å². The van der Waals surface area contributed by atoms with Crippen LogP contribution in [0.4, 0.5) is 5.69 Å². The normalized spacial score (nSPS) is 11.7. The number of rotatable bonds is 5. The van der Waals surface area contributed by atoms with Crippen molar-refractivity contribution in [2.75, 3.05) is 12.8 Å². The lowest BCUT2D eigenvalue weighted by atomic mass is 9.90. The van der Waals surface area contributed by atoms with E-state index < -0.39 is 15.9 Å². The molecule has 1 heterocycles. The highest BCUT2D eigenvalue weighted by molar-refractivity contribution is 7.90. The lowest BCUT2D eigenvalue weighted by Gasteiger charge is -2.20. The predicted molar refractivity (Wildman–Crippen MR) is 120 cm³/mol. The fourth-order valence-corrected chi connectivity index (χ4v) is 3.97. The van der Waals surface area contributed by atoms with Crippen LogP contribution in [0.15, 0.2) is 65.6 Å². The minimum Gasteiger partial charge on any atom is -0.497 e. The van der Waals surface area contributed by atoms with Crippen LogP contribution in [-0.4, -0.2) is 26.4 Å². The molecule has 0 atom stereocenters. The van der Waals surface area contributed by atoms with Crippen molar-refractivity contribution in [1.29, 1.82) is 0 Å². The highest BCUT2D eigenvalue weighted by Crippen LogP contribution is 2.29. The van der Waals surface area contributed by atoms with Crippen LogP contribution >= 0.6 is 0 Å². The van der Waals surface area contributed by atoms with Gasteiger partial charge in [0.25, 0.3) is 15.9 Å². The maximum atomic E-state index is 13.0. The molecule has 1 amide bonds. The van der Waals surface area contributed by atoms with Crippen molar-refractivity contribution in [2.45, 2.75) is 31.1 Å². The Kier molecular flexibility index (Phi) is 6.03. The molecule has 0 aliphatic rings. The van der Waals surface area contributed by atoms with Gasteiger partial charge in [0, 0.05) is 22.4 Å². The molecule has 0 fully saturated rings. The number of nitrogens with zero attached hydrogens (tertiary/aromatic N) is 1. The Morgan fingerprint density at radius 1 is 1.03 bits per heavy atom. The lowest BCUT2D eigenvalue weighted by molar-refractivity contribution is 0.0981. The van der Waals surface area contributed by atoms with Gasteiger partial charge in [-0.25, -0.2) is 13.1 Å². The molecular formula is C23H25N3O4S. The summed E-state index contributed by atoms with van der Waals surface area (Å²) in [6.45, 7) is 6.03. The fourth-order valence-electron chi connectivity index (χ4n) is 2.95. The standard InChI is InChI=1S/C23H25N3O4S/c1-23(2,3)20-13-12-19(21(25-20)15-8-10-17(30-4)11-9-15)22(27)26-31(28,29)18-7-5-6-16(24)14-18/h5-14H,24H2,1-4H3,(H,26,27). The zero-order chi connectivity index (χ0) is 22.8. The molecule has 0 unspecified atom stereocenters. The Bertz CT molecular complexity index is 1210. The van der Waals surface area contributed by atoms with Crippen molar-refractivity contribution in [3.05, 3.63) is 71.9 Å². The summed E-state index contributed by atoms with van der Waals surface area (Å²) in [6.07, 6.45) is 0. The minimum atomic E-state index is -4.11. The number of methoxy groups -OCH3 is 1. The topological polar surface area (TPSA) is 111 Å². The van der Waals surface area contributed by atoms with Gasteiger partial charge in [-0.15, -0.1) is 0 Å². The first kappa shape index (κ1) is 22.3. The molecule has 3 aromatic rings. The van der Waals surface area contributed by atoms with Crippen molar-refractivity contribution in [3.8, 4) is 17.0 Å². The molecule has 0 spiro atoms. The molecule has 0 saturated carbocycles. The molecule has 3 rings (SSSR count). The number of aromatic nitrogens is 1. The Morgan fingerprint density at radius 3 is 2.29 bits per heavy atom. The quantitative estimate of drug-likeness (QED) is 0.586. The Labute approximate surface area is 182 Å². The third-order valence-corrected chi connectivity index (χ3v) is 6.00. The maximum absolute atomic E-state index is 13.0. The highest BCUT2D eigenvalue weighted by Gasteiger charge is 2.24. The fraction of sp³-hybridized carbons (Fsp3) is 0.217. The maximum Gasteiger partial charge on any atom is 0.267 e. The van der Waals surface area contributed by atoms with Gasteiger partial charge < -0.3 is 10.5 Å². The molecule has 0 saturated heterocycles. The molecule has 31 heavy (non-hydrogen) atoms. The highest BCUT2D eigenvalue weighted by atomic mass is 32.2. The van der Waals surface area contributed by atoms with E-state index in [2.05, 4.69) is 4.72 Å². The number of amides is 1. The number of hydrogen-bond donors (Lipinski definition) is 2. The molecule has 0 aliphatic heterocycles. The Morgan fingerprint density at radius 2 is 1.71 bits per heavy atom. The molecule has 0 radical (unpaired) electrons. The predicted octanol–water partition coefficient (Wildman–Crippen LogP) is 3.76. The number of carbonyl (C=O) groups is 1. The van der Waals surface area contributed by atoms with E-state index in [9.17, 15) is 13.2 Å². The van der Waals surface area contributed by atoms with Crippen molar-refractivity contribution >= 4 is 21.6 Å². The Hall–Kier alpha value is -3.39. The number of hydrogen-bond acceptors (Lipinski definition) is 6. The summed E-state index contributed by atoms with van der Waals surface area (Å²) in [5, 5.41) is 0. The second-order valence-electron chi connectivity index (χ2n) is 8.08. The number of benzene rings is 2. The van der Waals surface area contributed by atoms with Crippen LogP contribution in [0, 0.1) is 0 Å². The van der Waals surface area contributed by atoms with Crippen LogP contribution in [0.2, 0.25) is 0 Å². The van der Waals surface area contributed by atoms with Crippen molar-refractivity contribution < 1.29 is 17.9 Å². The van der Waals surface area contributed by atoms with Crippen LogP contribution < -0.4 is 15.2 Å². The summed E-state index contributed by atoms with van der Waals surface area (Å²) in [5.41, 5.74) is 7.67. The molecule has 0 aliphatic carbocycles. The number of sulfonamides is 1. The molecular weight excluding hydrogens is 414 g/mol. The largest absolute Gasteiger partial charge is 0.497 e. The van der Waals surface area contributed by atoms with E-state index in [1.807, 2.05) is 20.8 Å². The van der Waals surface area contributed by atoms with Crippen LogP contribution in [0.25, 0.3) is 11.3 Å². The van der Waals surface area contributed by atoms with E-state index in [1.165, 1.54) is 18.2 Å². The second-order valence-corrected chi connectivity index (χ2v) is 9.76. The van der Waals surface area contributed by atoms with E-state index >= 15 is 0 Å². The van der Waals surface area contributed by atoms with Crippen molar-refractivity contribution in [2.24, 2.45) is 0 Å². The van der Waals surface area contributed by atoms with Gasteiger partial charge in [-0.05, 0) is 54.6 Å². The molecule has 7 nitrogen and oxygen atoms in total. The van der Waals surface area contributed by atoms with Gasteiger partial charge in [0.2, 0.25) is 0 Å². The van der Waals surface area contributed by atoms with Crippen LogP contribution in [0.3, 0.4) is 0 Å². The minimum absolute atomic E-state index is 0.0916. The molecule has 2 aromatic carbocycles. The third kappa shape index (κ3) is 5.03. The van der Waals surface area contributed by atoms with Crippen LogP contribution in [-0.2, 0) is 15.4 Å². The summed E-state index contributed by atoms with van der Waals surface area (Å²) in [5.74, 6) is -0.118. The lowest BCUT2D eigenvalue weighted by Crippen LogP contribution is -2.31. The van der Waals surface area contributed by atoms with E-state index in [0.29, 0.717) is 17.0 Å². The van der Waals surface area contributed by atoms with E-state index in [0.717, 1.165) is 5.69 Å².